The van der Waals surface area contributed by atoms with Gasteiger partial charge in [-0.1, -0.05) is 0 Å². The van der Waals surface area contributed by atoms with Crippen LogP contribution in [0.4, 0.5) is 11.4 Å². The van der Waals surface area contributed by atoms with E-state index >= 15 is 0 Å². The molecular formula is C10H8N6O. The molecule has 2 rings (SSSR count). The molecule has 0 fully saturated rings. The number of carbonyl (C=O) groups excluding carboxylic acids is 1. The van der Waals surface area contributed by atoms with Crippen LogP contribution in [0.2, 0.25) is 0 Å². The van der Waals surface area contributed by atoms with Crippen LogP contribution in [0, 0.1) is 11.3 Å². The fourth-order valence-electron chi connectivity index (χ4n) is 1.24. The molecule has 0 aliphatic heterocycles. The number of hydrogen-bond acceptors (Lipinski definition) is 5. The topological polar surface area (TPSA) is 120 Å². The Labute approximate surface area is 96.2 Å². The van der Waals surface area contributed by atoms with E-state index in [0.29, 0.717) is 16.9 Å². The molecule has 4 N–H and O–H groups in total. The van der Waals surface area contributed by atoms with Crippen molar-refractivity contribution < 1.29 is 4.79 Å². The third-order valence-electron chi connectivity index (χ3n) is 2.08. The molecule has 0 bridgehead atoms. The molecule has 1 aromatic heterocycles. The molecule has 0 saturated heterocycles. The van der Waals surface area contributed by atoms with Gasteiger partial charge in [-0.05, 0) is 18.2 Å². The minimum atomic E-state index is -0.421. The van der Waals surface area contributed by atoms with Gasteiger partial charge in [-0.25, -0.2) is 0 Å². The summed E-state index contributed by atoms with van der Waals surface area (Å²) in [5.41, 5.74) is 7.03. The number of benzene rings is 1. The minimum Gasteiger partial charge on any atom is -0.397 e. The second-order valence-corrected chi connectivity index (χ2v) is 3.22. The van der Waals surface area contributed by atoms with E-state index in [1.54, 1.807) is 12.1 Å². The van der Waals surface area contributed by atoms with Gasteiger partial charge in [-0.2, -0.15) is 20.7 Å². The van der Waals surface area contributed by atoms with Gasteiger partial charge in [-0.3, -0.25) is 4.79 Å². The van der Waals surface area contributed by atoms with Crippen molar-refractivity contribution in [3.8, 4) is 6.07 Å². The van der Waals surface area contributed by atoms with E-state index < -0.39 is 5.91 Å². The number of carbonyl (C=O) groups is 1. The molecule has 2 aromatic rings. The number of amides is 1. The summed E-state index contributed by atoms with van der Waals surface area (Å²) >= 11 is 0. The first-order chi connectivity index (χ1) is 8.20. The van der Waals surface area contributed by atoms with Crippen LogP contribution in [0.25, 0.3) is 0 Å². The number of nitriles is 1. The molecule has 84 valence electrons. The van der Waals surface area contributed by atoms with Crippen LogP contribution in [0.15, 0.2) is 24.4 Å². The van der Waals surface area contributed by atoms with E-state index in [2.05, 4.69) is 20.7 Å². The largest absolute Gasteiger partial charge is 0.397 e. The van der Waals surface area contributed by atoms with Gasteiger partial charge in [0.05, 0.1) is 29.2 Å². The maximum Gasteiger partial charge on any atom is 0.277 e. The van der Waals surface area contributed by atoms with Crippen molar-refractivity contribution in [2.24, 2.45) is 0 Å². The zero-order valence-corrected chi connectivity index (χ0v) is 8.64. The van der Waals surface area contributed by atoms with Crippen molar-refractivity contribution in [2.45, 2.75) is 0 Å². The number of aromatic amines is 1. The molecule has 0 atom stereocenters. The number of nitrogens with zero attached hydrogens (tertiary/aromatic N) is 3. The highest BCUT2D eigenvalue weighted by atomic mass is 16.2. The van der Waals surface area contributed by atoms with E-state index in [-0.39, 0.29) is 5.69 Å². The number of nitrogens with one attached hydrogen (secondary N) is 2. The standard InChI is InChI=1S/C10H8N6O/c11-4-6-1-2-8(7(12)3-6)14-10(17)9-5-13-16-15-9/h1-3,5H,12H2,(H,14,17)(H,13,15,16). The van der Waals surface area contributed by atoms with Gasteiger partial charge < -0.3 is 11.1 Å². The molecule has 0 spiro atoms. The van der Waals surface area contributed by atoms with Gasteiger partial charge in [0.1, 0.15) is 0 Å². The lowest BCUT2D eigenvalue weighted by atomic mass is 10.2. The third kappa shape index (κ3) is 2.21. The van der Waals surface area contributed by atoms with Crippen LogP contribution in [0.1, 0.15) is 16.1 Å². The van der Waals surface area contributed by atoms with Crippen LogP contribution in [-0.4, -0.2) is 21.3 Å². The maximum absolute atomic E-state index is 11.6. The second kappa shape index (κ2) is 4.32. The van der Waals surface area contributed by atoms with Crippen molar-refractivity contribution in [1.82, 2.24) is 15.4 Å². The highest BCUT2D eigenvalue weighted by molar-refractivity contribution is 6.04. The van der Waals surface area contributed by atoms with Gasteiger partial charge in [0.2, 0.25) is 0 Å². The number of aromatic nitrogens is 3. The molecule has 0 aliphatic rings. The van der Waals surface area contributed by atoms with Gasteiger partial charge in [0.15, 0.2) is 5.69 Å². The Bertz CT molecular complexity index is 583. The number of H-pyrrole nitrogens is 1. The monoisotopic (exact) mass is 228 g/mol. The van der Waals surface area contributed by atoms with Crippen molar-refractivity contribution in [3.05, 3.63) is 35.7 Å². The Morgan fingerprint density at radius 1 is 1.53 bits per heavy atom. The first-order valence-electron chi connectivity index (χ1n) is 4.67. The molecule has 0 radical (unpaired) electrons. The van der Waals surface area contributed by atoms with Crippen LogP contribution >= 0.6 is 0 Å². The van der Waals surface area contributed by atoms with Gasteiger partial charge in [0.25, 0.3) is 5.91 Å². The average Bonchev–Trinajstić information content (AvgIpc) is 2.85. The lowest BCUT2D eigenvalue weighted by Gasteiger charge is -2.06. The smallest absolute Gasteiger partial charge is 0.277 e. The van der Waals surface area contributed by atoms with E-state index in [1.165, 1.54) is 12.3 Å². The zero-order valence-electron chi connectivity index (χ0n) is 8.64. The van der Waals surface area contributed by atoms with Crippen molar-refractivity contribution in [1.29, 1.82) is 5.26 Å². The zero-order chi connectivity index (χ0) is 12.3. The first-order valence-corrected chi connectivity index (χ1v) is 4.67. The predicted molar refractivity (Wildman–Crippen MR) is 59.9 cm³/mol. The van der Waals surface area contributed by atoms with Crippen LogP contribution < -0.4 is 11.1 Å². The molecule has 1 aromatic carbocycles. The Morgan fingerprint density at radius 3 is 2.94 bits per heavy atom. The molecule has 1 heterocycles. The van der Waals surface area contributed by atoms with E-state index in [0.717, 1.165) is 0 Å². The number of anilines is 2. The highest BCUT2D eigenvalue weighted by Crippen LogP contribution is 2.19. The molecule has 7 nitrogen and oxygen atoms in total. The van der Waals surface area contributed by atoms with Gasteiger partial charge in [-0.15, -0.1) is 0 Å². The van der Waals surface area contributed by atoms with Gasteiger partial charge >= 0.3 is 0 Å². The fourth-order valence-corrected chi connectivity index (χ4v) is 1.24. The molecule has 0 saturated carbocycles. The average molecular weight is 228 g/mol. The lowest BCUT2D eigenvalue weighted by Crippen LogP contribution is -2.13. The van der Waals surface area contributed by atoms with E-state index in [1.807, 2.05) is 6.07 Å². The van der Waals surface area contributed by atoms with Crippen LogP contribution in [0.3, 0.4) is 0 Å². The number of hydrogen-bond donors (Lipinski definition) is 3. The minimum absolute atomic E-state index is 0.161. The lowest BCUT2D eigenvalue weighted by molar-refractivity contribution is 0.102. The number of rotatable bonds is 2. The van der Waals surface area contributed by atoms with E-state index in [9.17, 15) is 4.79 Å². The highest BCUT2D eigenvalue weighted by Gasteiger charge is 2.10. The Morgan fingerprint density at radius 2 is 2.35 bits per heavy atom. The van der Waals surface area contributed by atoms with Crippen molar-refractivity contribution in [2.75, 3.05) is 11.1 Å². The molecule has 7 heteroatoms. The van der Waals surface area contributed by atoms with Crippen LogP contribution in [0.5, 0.6) is 0 Å². The Hall–Kier alpha value is -2.88. The molecule has 17 heavy (non-hydrogen) atoms. The van der Waals surface area contributed by atoms with Crippen molar-refractivity contribution >= 4 is 17.3 Å². The fraction of sp³-hybridized carbons (Fsp3) is 0. The molecular weight excluding hydrogens is 220 g/mol. The van der Waals surface area contributed by atoms with Gasteiger partial charge in [0, 0.05) is 0 Å². The SMILES string of the molecule is N#Cc1ccc(NC(=O)c2cn[nH]n2)c(N)c1. The Kier molecular flexibility index (Phi) is 2.70. The van der Waals surface area contributed by atoms with Crippen molar-refractivity contribution in [3.63, 3.8) is 0 Å². The second-order valence-electron chi connectivity index (χ2n) is 3.22. The summed E-state index contributed by atoms with van der Waals surface area (Å²) in [5.74, 6) is -0.421. The first kappa shape index (κ1) is 10.6. The normalized spacial score (nSPS) is 9.59. The molecule has 0 aliphatic carbocycles. The third-order valence-corrected chi connectivity index (χ3v) is 2.08. The number of nitrogens with two attached hydrogens (primary N) is 1. The summed E-state index contributed by atoms with van der Waals surface area (Å²) in [4.78, 5) is 11.6. The molecule has 1 amide bonds. The summed E-state index contributed by atoms with van der Waals surface area (Å²) in [6.07, 6.45) is 1.30. The van der Waals surface area contributed by atoms with Crippen LogP contribution in [-0.2, 0) is 0 Å². The maximum atomic E-state index is 11.6. The summed E-state index contributed by atoms with van der Waals surface area (Å²) in [6.45, 7) is 0. The summed E-state index contributed by atoms with van der Waals surface area (Å²) in [7, 11) is 0. The Balaban J connectivity index is 2.20. The number of nitrogen functional groups attached to an aromatic ring is 1. The molecule has 0 unspecified atom stereocenters. The predicted octanol–water partition coefficient (Wildman–Crippen LogP) is 0.511. The summed E-state index contributed by atoms with van der Waals surface area (Å²) in [5, 5.41) is 20.7. The van der Waals surface area contributed by atoms with E-state index in [4.69, 9.17) is 11.0 Å². The quantitative estimate of drug-likeness (QED) is 0.646. The summed E-state index contributed by atoms with van der Waals surface area (Å²) < 4.78 is 0. The summed E-state index contributed by atoms with van der Waals surface area (Å²) in [6, 6.07) is 6.57.